The van der Waals surface area contributed by atoms with E-state index in [2.05, 4.69) is 23.6 Å². The maximum Gasteiger partial charge on any atom is 0.227 e. The van der Waals surface area contributed by atoms with Crippen molar-refractivity contribution in [3.63, 3.8) is 0 Å². The summed E-state index contributed by atoms with van der Waals surface area (Å²) in [5.41, 5.74) is 1.91. The maximum atomic E-state index is 10.5. The van der Waals surface area contributed by atoms with Crippen molar-refractivity contribution in [3.05, 3.63) is 11.3 Å². The van der Waals surface area contributed by atoms with Gasteiger partial charge in [0.15, 0.2) is 0 Å². The molecule has 25 heavy (non-hydrogen) atoms. The molecule has 1 atom stereocenters. The predicted octanol–water partition coefficient (Wildman–Crippen LogP) is 2.20. The first-order valence-electron chi connectivity index (χ1n) is 9.76. The summed E-state index contributed by atoms with van der Waals surface area (Å²) in [4.78, 5) is 14.3. The molecule has 0 saturated carbocycles. The molecule has 6 nitrogen and oxygen atoms in total. The number of piperidine rings is 1. The molecule has 138 valence electrons. The molecule has 4 rings (SSSR count). The third-order valence-corrected chi connectivity index (χ3v) is 6.27. The Balaban J connectivity index is 1.54. The van der Waals surface area contributed by atoms with Gasteiger partial charge in [-0.05, 0) is 52.4 Å². The van der Waals surface area contributed by atoms with Crippen LogP contribution in [-0.2, 0) is 4.74 Å². The van der Waals surface area contributed by atoms with Crippen LogP contribution in [0.3, 0.4) is 0 Å². The molecular formula is C19H30N4O2. The highest BCUT2D eigenvalue weighted by molar-refractivity contribution is 5.53. The van der Waals surface area contributed by atoms with Gasteiger partial charge < -0.3 is 19.6 Å². The molecule has 4 heterocycles. The van der Waals surface area contributed by atoms with Crippen LogP contribution in [-0.4, -0.2) is 59.6 Å². The van der Waals surface area contributed by atoms with E-state index in [0.717, 1.165) is 75.9 Å². The van der Waals surface area contributed by atoms with Crippen LogP contribution in [0.4, 0.5) is 11.8 Å². The van der Waals surface area contributed by atoms with Crippen molar-refractivity contribution in [2.45, 2.75) is 64.1 Å². The number of ether oxygens (including phenoxy) is 1. The summed E-state index contributed by atoms with van der Waals surface area (Å²) in [5, 5.41) is 10.5. The summed E-state index contributed by atoms with van der Waals surface area (Å²) in [6, 6.07) is 0. The summed E-state index contributed by atoms with van der Waals surface area (Å²) in [6.07, 6.45) is 5.71. The van der Waals surface area contributed by atoms with Gasteiger partial charge in [-0.2, -0.15) is 4.98 Å². The van der Waals surface area contributed by atoms with Crippen molar-refractivity contribution in [1.82, 2.24) is 9.97 Å². The number of aromatic nitrogens is 2. The number of anilines is 2. The lowest BCUT2D eigenvalue weighted by Gasteiger charge is -2.47. The summed E-state index contributed by atoms with van der Waals surface area (Å²) < 4.78 is 6.04. The molecule has 1 aromatic heterocycles. The molecule has 3 saturated heterocycles. The van der Waals surface area contributed by atoms with Crippen LogP contribution in [0.5, 0.6) is 0 Å². The Morgan fingerprint density at radius 1 is 1.00 bits per heavy atom. The Bertz CT molecular complexity index is 622. The SMILES string of the molecule is Cc1nc(N2CCCC2)nc(N2CCC3(CC2)OCCC[C@@H]3O)c1C. The zero-order valence-electron chi connectivity index (χ0n) is 15.5. The molecule has 0 unspecified atom stereocenters. The Kier molecular flexibility index (Phi) is 4.58. The number of aliphatic hydroxyl groups excluding tert-OH is 1. The minimum Gasteiger partial charge on any atom is -0.390 e. The molecule has 0 radical (unpaired) electrons. The molecule has 6 heteroatoms. The Morgan fingerprint density at radius 2 is 1.72 bits per heavy atom. The molecule has 0 bridgehead atoms. The first kappa shape index (κ1) is 17.0. The fourth-order valence-electron chi connectivity index (χ4n) is 4.45. The molecule has 1 aromatic rings. The van der Waals surface area contributed by atoms with Crippen molar-refractivity contribution in [2.24, 2.45) is 0 Å². The van der Waals surface area contributed by atoms with Crippen LogP contribution in [0.1, 0.15) is 49.8 Å². The molecule has 1 N–H and O–H groups in total. The van der Waals surface area contributed by atoms with Crippen molar-refractivity contribution in [3.8, 4) is 0 Å². The Hall–Kier alpha value is -1.40. The van der Waals surface area contributed by atoms with Gasteiger partial charge >= 0.3 is 0 Å². The molecular weight excluding hydrogens is 316 g/mol. The minimum atomic E-state index is -0.331. The van der Waals surface area contributed by atoms with Crippen LogP contribution in [0.2, 0.25) is 0 Å². The van der Waals surface area contributed by atoms with Gasteiger partial charge in [-0.15, -0.1) is 0 Å². The lowest BCUT2D eigenvalue weighted by atomic mass is 9.82. The zero-order valence-corrected chi connectivity index (χ0v) is 15.5. The van der Waals surface area contributed by atoms with E-state index in [1.54, 1.807) is 0 Å². The van der Waals surface area contributed by atoms with Gasteiger partial charge in [0.05, 0.1) is 11.7 Å². The molecule has 3 aliphatic heterocycles. The lowest BCUT2D eigenvalue weighted by molar-refractivity contribution is -0.164. The number of nitrogens with zero attached hydrogens (tertiary/aromatic N) is 4. The highest BCUT2D eigenvalue weighted by atomic mass is 16.5. The first-order valence-corrected chi connectivity index (χ1v) is 9.76. The smallest absolute Gasteiger partial charge is 0.227 e. The summed E-state index contributed by atoms with van der Waals surface area (Å²) in [6.45, 7) is 8.87. The van der Waals surface area contributed by atoms with Crippen molar-refractivity contribution in [1.29, 1.82) is 0 Å². The highest BCUT2D eigenvalue weighted by Gasteiger charge is 2.44. The van der Waals surface area contributed by atoms with E-state index in [0.29, 0.717) is 0 Å². The lowest BCUT2D eigenvalue weighted by Crippen LogP contribution is -2.55. The first-order chi connectivity index (χ1) is 12.1. The third kappa shape index (κ3) is 3.10. The molecule has 0 aliphatic carbocycles. The van der Waals surface area contributed by atoms with Crippen LogP contribution in [0.15, 0.2) is 0 Å². The summed E-state index contributed by atoms with van der Waals surface area (Å²) in [7, 11) is 0. The highest BCUT2D eigenvalue weighted by Crippen LogP contribution is 2.37. The summed E-state index contributed by atoms with van der Waals surface area (Å²) >= 11 is 0. The zero-order chi connectivity index (χ0) is 17.4. The summed E-state index contributed by atoms with van der Waals surface area (Å²) in [5.74, 6) is 1.94. The second-order valence-corrected chi connectivity index (χ2v) is 7.81. The van der Waals surface area contributed by atoms with E-state index in [1.807, 2.05) is 0 Å². The van der Waals surface area contributed by atoms with Gasteiger partial charge in [-0.3, -0.25) is 0 Å². The van der Waals surface area contributed by atoms with Crippen LogP contribution in [0, 0.1) is 13.8 Å². The largest absolute Gasteiger partial charge is 0.390 e. The predicted molar refractivity (Wildman–Crippen MR) is 98.3 cm³/mol. The topological polar surface area (TPSA) is 61.7 Å². The van der Waals surface area contributed by atoms with E-state index < -0.39 is 0 Å². The molecule has 3 aliphatic rings. The molecule has 0 aromatic carbocycles. The van der Waals surface area contributed by atoms with Gasteiger partial charge in [0, 0.05) is 44.0 Å². The third-order valence-electron chi connectivity index (χ3n) is 6.27. The van der Waals surface area contributed by atoms with Gasteiger partial charge in [-0.25, -0.2) is 4.98 Å². The monoisotopic (exact) mass is 346 g/mol. The van der Waals surface area contributed by atoms with Gasteiger partial charge in [0.1, 0.15) is 5.82 Å². The van der Waals surface area contributed by atoms with E-state index in [1.165, 1.54) is 18.4 Å². The standard InChI is InChI=1S/C19H30N4O2/c1-14-15(2)20-18(23-9-3-4-10-23)21-17(14)22-11-7-19(8-12-22)16(24)6-5-13-25-19/h16,24H,3-13H2,1-2H3/t16-/m0/s1. The quantitative estimate of drug-likeness (QED) is 0.886. The van der Waals surface area contributed by atoms with Crippen molar-refractivity contribution in [2.75, 3.05) is 42.6 Å². The number of aryl methyl sites for hydroxylation is 1. The minimum absolute atomic E-state index is 0.322. The maximum absolute atomic E-state index is 10.5. The van der Waals surface area contributed by atoms with Crippen molar-refractivity contribution >= 4 is 11.8 Å². The fourth-order valence-corrected chi connectivity index (χ4v) is 4.45. The van der Waals surface area contributed by atoms with E-state index in [9.17, 15) is 5.11 Å². The van der Waals surface area contributed by atoms with Crippen molar-refractivity contribution < 1.29 is 9.84 Å². The van der Waals surface area contributed by atoms with Crippen LogP contribution >= 0.6 is 0 Å². The molecule has 0 amide bonds. The van der Waals surface area contributed by atoms with Crippen LogP contribution in [0.25, 0.3) is 0 Å². The molecule has 3 fully saturated rings. The fraction of sp³-hybridized carbons (Fsp3) is 0.789. The molecule has 1 spiro atoms. The van der Waals surface area contributed by atoms with E-state index >= 15 is 0 Å². The normalized spacial score (nSPS) is 26.4. The van der Waals surface area contributed by atoms with E-state index in [4.69, 9.17) is 14.7 Å². The van der Waals surface area contributed by atoms with Gasteiger partial charge in [0.25, 0.3) is 0 Å². The second kappa shape index (κ2) is 6.72. The average Bonchev–Trinajstić information content (AvgIpc) is 3.15. The number of rotatable bonds is 2. The average molecular weight is 346 g/mol. The number of hydrogen-bond donors (Lipinski definition) is 1. The Labute approximate surface area is 150 Å². The second-order valence-electron chi connectivity index (χ2n) is 7.81. The number of aliphatic hydroxyl groups is 1. The van der Waals surface area contributed by atoms with Gasteiger partial charge in [-0.1, -0.05) is 0 Å². The van der Waals surface area contributed by atoms with Gasteiger partial charge in [0.2, 0.25) is 5.95 Å². The van der Waals surface area contributed by atoms with E-state index in [-0.39, 0.29) is 11.7 Å². The van der Waals surface area contributed by atoms with Crippen LogP contribution < -0.4 is 9.80 Å². The number of hydrogen-bond acceptors (Lipinski definition) is 6. The Morgan fingerprint density at radius 3 is 2.40 bits per heavy atom.